The van der Waals surface area contributed by atoms with Crippen molar-refractivity contribution in [2.45, 2.75) is 38.8 Å². The highest BCUT2D eigenvalue weighted by Gasteiger charge is 2.25. The Labute approximate surface area is 201 Å². The fourth-order valence-corrected chi connectivity index (χ4v) is 4.08. The number of para-hydroxylation sites is 2. The van der Waals surface area contributed by atoms with Crippen LogP contribution in [0.1, 0.15) is 38.0 Å². The highest BCUT2D eigenvalue weighted by atomic mass is 127. The summed E-state index contributed by atoms with van der Waals surface area (Å²) in [6.45, 7) is 7.64. The normalized spacial score (nSPS) is 15.7. The van der Waals surface area contributed by atoms with E-state index in [1.165, 1.54) is 18.4 Å². The maximum Gasteiger partial charge on any atom is 0.191 e. The van der Waals surface area contributed by atoms with E-state index in [-0.39, 0.29) is 30.0 Å². The number of guanidine groups is 1. The van der Waals surface area contributed by atoms with Crippen molar-refractivity contribution in [3.8, 4) is 0 Å². The van der Waals surface area contributed by atoms with Crippen molar-refractivity contribution in [3.63, 3.8) is 0 Å². The monoisotopic (exact) mass is 536 g/mol. The number of nitrogens with zero attached hydrogens (tertiary/aromatic N) is 4. The van der Waals surface area contributed by atoms with Gasteiger partial charge in [-0.15, -0.1) is 24.0 Å². The van der Waals surface area contributed by atoms with E-state index >= 15 is 0 Å². The van der Waals surface area contributed by atoms with E-state index in [0.29, 0.717) is 6.54 Å². The highest BCUT2D eigenvalue weighted by molar-refractivity contribution is 14.0. The summed E-state index contributed by atoms with van der Waals surface area (Å²) in [7, 11) is 0. The summed E-state index contributed by atoms with van der Waals surface area (Å²) in [5.41, 5.74) is 2.23. The Morgan fingerprint density at radius 3 is 2.77 bits per heavy atom. The van der Waals surface area contributed by atoms with Crippen LogP contribution in [-0.2, 0) is 6.54 Å². The lowest BCUT2D eigenvalue weighted by molar-refractivity contribution is 0.221. The van der Waals surface area contributed by atoms with Crippen molar-refractivity contribution in [2.75, 3.05) is 32.7 Å². The van der Waals surface area contributed by atoms with Crippen LogP contribution >= 0.6 is 24.0 Å². The van der Waals surface area contributed by atoms with Crippen LogP contribution in [0.5, 0.6) is 0 Å². The van der Waals surface area contributed by atoms with Crippen molar-refractivity contribution >= 4 is 41.0 Å². The number of furan rings is 1. The van der Waals surface area contributed by atoms with Crippen LogP contribution in [0.25, 0.3) is 11.0 Å². The average molecular weight is 536 g/mol. The molecule has 1 atom stereocenters. The summed E-state index contributed by atoms with van der Waals surface area (Å²) < 4.78 is 7.92. The SMILES string of the molecule is CCNC(=NCC(c1ccco1)N1CCCC1)NCCCn1cnc2ccccc21.I. The zero-order chi connectivity index (χ0) is 20.6. The fraction of sp³-hybridized carbons (Fsp3) is 0.478. The number of imidazole rings is 1. The van der Waals surface area contributed by atoms with E-state index in [1.807, 2.05) is 18.5 Å². The molecule has 0 saturated carbocycles. The van der Waals surface area contributed by atoms with Gasteiger partial charge in [-0.3, -0.25) is 9.89 Å². The Morgan fingerprint density at radius 1 is 1.16 bits per heavy atom. The molecule has 3 aromatic rings. The Hall–Kier alpha value is -2.07. The van der Waals surface area contributed by atoms with Crippen LogP contribution in [0.4, 0.5) is 0 Å². The van der Waals surface area contributed by atoms with Gasteiger partial charge in [0.2, 0.25) is 0 Å². The molecule has 168 valence electrons. The minimum atomic E-state index is 0. The number of aromatic nitrogens is 2. The Morgan fingerprint density at radius 2 is 2.00 bits per heavy atom. The average Bonchev–Trinajstić information content (AvgIpc) is 3.54. The Balaban J connectivity index is 0.00000272. The van der Waals surface area contributed by atoms with E-state index in [9.17, 15) is 0 Å². The van der Waals surface area contributed by atoms with Crippen molar-refractivity contribution < 1.29 is 4.42 Å². The van der Waals surface area contributed by atoms with Gasteiger partial charge >= 0.3 is 0 Å². The van der Waals surface area contributed by atoms with Crippen LogP contribution < -0.4 is 10.6 Å². The van der Waals surface area contributed by atoms with Gasteiger partial charge in [0.05, 0.1) is 36.2 Å². The van der Waals surface area contributed by atoms with E-state index in [1.54, 1.807) is 6.26 Å². The minimum absolute atomic E-state index is 0. The topological polar surface area (TPSA) is 70.6 Å². The zero-order valence-corrected chi connectivity index (χ0v) is 20.5. The molecule has 1 aliphatic rings. The van der Waals surface area contributed by atoms with E-state index in [0.717, 1.165) is 56.4 Å². The number of aryl methyl sites for hydroxylation is 1. The molecule has 1 unspecified atom stereocenters. The molecule has 0 radical (unpaired) electrons. The first-order valence-electron chi connectivity index (χ1n) is 11.0. The molecule has 1 aliphatic heterocycles. The maximum atomic E-state index is 5.71. The standard InChI is InChI=1S/C23H32N6O.HI/c1-2-24-23(25-12-8-15-29-18-27-19-9-3-4-10-20(19)29)26-17-21(22-11-7-16-30-22)28-13-5-6-14-28;/h3-4,7,9-11,16,18,21H,2,5-6,8,12-15,17H2,1H3,(H2,24,25,26);1H. The van der Waals surface area contributed by atoms with Crippen molar-refractivity contribution in [1.82, 2.24) is 25.1 Å². The minimum Gasteiger partial charge on any atom is -0.468 e. The number of hydrogen-bond donors (Lipinski definition) is 2. The van der Waals surface area contributed by atoms with E-state index < -0.39 is 0 Å². The molecular weight excluding hydrogens is 503 g/mol. The molecule has 2 aromatic heterocycles. The van der Waals surface area contributed by atoms with E-state index in [2.05, 4.69) is 56.3 Å². The molecule has 0 aliphatic carbocycles. The number of rotatable bonds is 9. The number of nitrogens with one attached hydrogen (secondary N) is 2. The zero-order valence-electron chi connectivity index (χ0n) is 18.2. The predicted molar refractivity (Wildman–Crippen MR) is 136 cm³/mol. The van der Waals surface area contributed by atoms with Crippen molar-refractivity contribution in [2.24, 2.45) is 4.99 Å². The van der Waals surface area contributed by atoms with Gasteiger partial charge in [-0.2, -0.15) is 0 Å². The van der Waals surface area contributed by atoms with Gasteiger partial charge in [-0.25, -0.2) is 4.98 Å². The van der Waals surface area contributed by atoms with Gasteiger partial charge in [0.25, 0.3) is 0 Å². The van der Waals surface area contributed by atoms with Crippen LogP contribution in [0.15, 0.2) is 58.4 Å². The molecule has 7 nitrogen and oxygen atoms in total. The van der Waals surface area contributed by atoms with Crippen molar-refractivity contribution in [3.05, 3.63) is 54.7 Å². The first-order chi connectivity index (χ1) is 14.8. The van der Waals surface area contributed by atoms with Gasteiger partial charge in [0, 0.05) is 19.6 Å². The molecule has 0 spiro atoms. The van der Waals surface area contributed by atoms with Crippen molar-refractivity contribution in [1.29, 1.82) is 0 Å². The molecule has 4 rings (SSSR count). The molecule has 0 amide bonds. The van der Waals surface area contributed by atoms with E-state index in [4.69, 9.17) is 9.41 Å². The lowest BCUT2D eigenvalue weighted by atomic mass is 10.2. The summed E-state index contributed by atoms with van der Waals surface area (Å²) in [5.74, 6) is 1.87. The molecule has 3 heterocycles. The first-order valence-corrected chi connectivity index (χ1v) is 11.0. The largest absolute Gasteiger partial charge is 0.468 e. The first kappa shape index (κ1) is 23.6. The number of hydrogen-bond acceptors (Lipinski definition) is 4. The second-order valence-corrected chi connectivity index (χ2v) is 7.70. The summed E-state index contributed by atoms with van der Waals surface area (Å²) in [6.07, 6.45) is 7.18. The van der Waals surface area contributed by atoms with Gasteiger partial charge in [-0.05, 0) is 63.5 Å². The summed E-state index contributed by atoms with van der Waals surface area (Å²) in [4.78, 5) is 11.8. The number of fused-ring (bicyclic) bond motifs is 1. The molecule has 1 saturated heterocycles. The Kier molecular flexibility index (Phi) is 9.20. The van der Waals surface area contributed by atoms with Gasteiger partial charge in [0.15, 0.2) is 5.96 Å². The number of likely N-dealkylation sites (tertiary alicyclic amines) is 1. The number of halogens is 1. The predicted octanol–water partition coefficient (Wildman–Crippen LogP) is 4.03. The van der Waals surface area contributed by atoms with Crippen LogP contribution in [-0.4, -0.2) is 53.1 Å². The van der Waals surface area contributed by atoms with Gasteiger partial charge in [-0.1, -0.05) is 12.1 Å². The van der Waals surface area contributed by atoms with Gasteiger partial charge < -0.3 is 19.6 Å². The molecule has 8 heteroatoms. The highest BCUT2D eigenvalue weighted by Crippen LogP contribution is 2.25. The maximum absolute atomic E-state index is 5.71. The number of benzene rings is 1. The molecule has 31 heavy (non-hydrogen) atoms. The van der Waals surface area contributed by atoms with Gasteiger partial charge in [0.1, 0.15) is 5.76 Å². The van der Waals surface area contributed by atoms with Crippen LogP contribution in [0.2, 0.25) is 0 Å². The third-order valence-electron chi connectivity index (χ3n) is 5.62. The summed E-state index contributed by atoms with van der Waals surface area (Å²) in [5, 5.41) is 6.85. The molecule has 0 bridgehead atoms. The fourth-order valence-electron chi connectivity index (χ4n) is 4.08. The smallest absolute Gasteiger partial charge is 0.191 e. The quantitative estimate of drug-likeness (QED) is 0.187. The lowest BCUT2D eigenvalue weighted by Gasteiger charge is -2.24. The number of aliphatic imine (C=N–C) groups is 1. The summed E-state index contributed by atoms with van der Waals surface area (Å²) in [6, 6.07) is 12.5. The molecular formula is C23H33IN6O. The Bertz CT molecular complexity index is 933. The lowest BCUT2D eigenvalue weighted by Crippen LogP contribution is -2.39. The molecule has 1 aromatic carbocycles. The molecule has 1 fully saturated rings. The second-order valence-electron chi connectivity index (χ2n) is 7.70. The van der Waals surface area contributed by atoms with Crippen LogP contribution in [0.3, 0.4) is 0 Å². The van der Waals surface area contributed by atoms with Crippen LogP contribution in [0, 0.1) is 0 Å². The second kappa shape index (κ2) is 12.1. The summed E-state index contributed by atoms with van der Waals surface area (Å²) >= 11 is 0. The molecule has 2 N–H and O–H groups in total. The third kappa shape index (κ3) is 6.22. The third-order valence-corrected chi connectivity index (χ3v) is 5.62.